The summed E-state index contributed by atoms with van der Waals surface area (Å²) in [6, 6.07) is 0. The van der Waals surface area contributed by atoms with E-state index in [0.29, 0.717) is 36.1 Å². The van der Waals surface area contributed by atoms with Crippen molar-refractivity contribution in [3.8, 4) is 0 Å². The van der Waals surface area contributed by atoms with E-state index >= 15 is 0 Å². The van der Waals surface area contributed by atoms with Gasteiger partial charge in [0, 0.05) is 18.1 Å². The fraction of sp³-hybridized carbons (Fsp3) is 0.968. The minimum atomic E-state index is -1.73. The monoisotopic (exact) mass is 595 g/mol. The van der Waals surface area contributed by atoms with Gasteiger partial charge in [-0.05, 0) is 145 Å². The third kappa shape index (κ3) is 6.98. The van der Waals surface area contributed by atoms with Gasteiger partial charge in [0.1, 0.15) is 7.11 Å². The summed E-state index contributed by atoms with van der Waals surface area (Å²) >= 11 is 0. The second-order valence-corrected chi connectivity index (χ2v) is 30.4. The molecule has 5 nitrogen and oxygen atoms in total. The number of fused-ring (bicyclic) bond motifs is 5. The van der Waals surface area contributed by atoms with Crippen LogP contribution in [-0.2, 0) is 18.1 Å². The first-order valence-corrected chi connectivity index (χ1v) is 26.2. The predicted molar refractivity (Wildman–Crippen MR) is 171 cm³/mol. The van der Waals surface area contributed by atoms with Gasteiger partial charge < -0.3 is 18.1 Å². The Bertz CT molecular complexity index is 894. The van der Waals surface area contributed by atoms with E-state index in [1.54, 1.807) is 7.11 Å². The average molecular weight is 596 g/mol. The van der Waals surface area contributed by atoms with Crippen LogP contribution in [0.2, 0.25) is 58.9 Å². The van der Waals surface area contributed by atoms with Crippen molar-refractivity contribution >= 4 is 30.7 Å². The van der Waals surface area contributed by atoms with E-state index in [1.807, 2.05) is 0 Å². The van der Waals surface area contributed by atoms with Crippen LogP contribution >= 0.6 is 0 Å². The van der Waals surface area contributed by atoms with E-state index in [0.717, 1.165) is 29.9 Å². The molecule has 0 aromatic rings. The SMILES string of the molecule is CON=C(CO[Si](C)(C)C)[C@H]1CCC2C3CC[C@@H]4C[C@H](O[Si](C)(C)C)CC[C@]4(C)C3[C@@H](O[Si](C)(C)C)C[C@@]21C. The highest BCUT2D eigenvalue weighted by atomic mass is 28.4. The van der Waals surface area contributed by atoms with Crippen LogP contribution in [0, 0.1) is 40.4 Å². The number of nitrogens with zero attached hydrogens (tertiary/aromatic N) is 1. The molecule has 0 spiro atoms. The molecule has 0 bridgehead atoms. The van der Waals surface area contributed by atoms with Crippen molar-refractivity contribution in [3.63, 3.8) is 0 Å². The smallest absolute Gasteiger partial charge is 0.184 e. The molecule has 0 heterocycles. The van der Waals surface area contributed by atoms with Crippen LogP contribution in [0.4, 0.5) is 0 Å². The Morgan fingerprint density at radius 1 is 0.795 bits per heavy atom. The van der Waals surface area contributed by atoms with Gasteiger partial charge in [-0.3, -0.25) is 0 Å². The molecule has 0 aromatic heterocycles. The number of oxime groups is 1. The third-order valence-electron chi connectivity index (χ3n) is 10.8. The molecular formula is C31H61NO4Si3. The molecule has 8 heteroatoms. The molecule has 4 fully saturated rings. The van der Waals surface area contributed by atoms with Gasteiger partial charge in [0.2, 0.25) is 0 Å². The molecule has 0 aliphatic heterocycles. The van der Waals surface area contributed by atoms with Crippen molar-refractivity contribution < 1.29 is 18.1 Å². The van der Waals surface area contributed by atoms with Crippen molar-refractivity contribution in [2.24, 2.45) is 45.6 Å². The molecule has 3 unspecified atom stereocenters. The van der Waals surface area contributed by atoms with Gasteiger partial charge in [-0.2, -0.15) is 0 Å². The maximum atomic E-state index is 7.26. The van der Waals surface area contributed by atoms with Crippen molar-refractivity contribution in [1.82, 2.24) is 0 Å². The van der Waals surface area contributed by atoms with Crippen LogP contribution in [0.25, 0.3) is 0 Å². The quantitative estimate of drug-likeness (QED) is 0.152. The van der Waals surface area contributed by atoms with Gasteiger partial charge in [0.05, 0.1) is 12.3 Å². The zero-order chi connectivity index (χ0) is 29.0. The predicted octanol–water partition coefficient (Wildman–Crippen LogP) is 8.55. The largest absolute Gasteiger partial charge is 0.415 e. The van der Waals surface area contributed by atoms with E-state index in [1.165, 1.54) is 44.9 Å². The van der Waals surface area contributed by atoms with Gasteiger partial charge in [0.25, 0.3) is 0 Å². The first-order chi connectivity index (χ1) is 17.9. The number of hydrogen-bond acceptors (Lipinski definition) is 5. The first kappa shape index (κ1) is 31.9. The lowest BCUT2D eigenvalue weighted by Crippen LogP contribution is -2.61. The van der Waals surface area contributed by atoms with Crippen molar-refractivity contribution in [2.45, 2.75) is 136 Å². The molecule has 226 valence electrons. The Morgan fingerprint density at radius 3 is 2.05 bits per heavy atom. The zero-order valence-corrected chi connectivity index (χ0v) is 30.5. The highest BCUT2D eigenvalue weighted by Gasteiger charge is 2.64. The van der Waals surface area contributed by atoms with Gasteiger partial charge in [-0.1, -0.05) is 19.0 Å². The first-order valence-electron chi connectivity index (χ1n) is 16.0. The number of rotatable bonds is 9. The minimum Gasteiger partial charge on any atom is -0.415 e. The van der Waals surface area contributed by atoms with Crippen LogP contribution < -0.4 is 0 Å². The highest BCUT2D eigenvalue weighted by Crippen LogP contribution is 2.68. The molecule has 4 saturated carbocycles. The summed E-state index contributed by atoms with van der Waals surface area (Å²) < 4.78 is 20.4. The molecule has 4 rings (SSSR count). The summed E-state index contributed by atoms with van der Waals surface area (Å²) in [5, 5.41) is 4.64. The van der Waals surface area contributed by atoms with E-state index in [9.17, 15) is 0 Å². The fourth-order valence-corrected chi connectivity index (χ4v) is 12.6. The normalized spacial score (nSPS) is 41.5. The van der Waals surface area contributed by atoms with Crippen molar-refractivity contribution in [2.75, 3.05) is 13.7 Å². The highest BCUT2D eigenvalue weighted by molar-refractivity contribution is 6.70. The van der Waals surface area contributed by atoms with Crippen LogP contribution in [0.3, 0.4) is 0 Å². The summed E-state index contributed by atoms with van der Waals surface area (Å²) in [4.78, 5) is 5.44. The Hall–Kier alpha value is 0.000649. The molecule has 4 aliphatic carbocycles. The maximum Gasteiger partial charge on any atom is 0.184 e. The molecule has 0 N–H and O–H groups in total. The molecule has 0 saturated heterocycles. The molecule has 39 heavy (non-hydrogen) atoms. The molecular weight excluding hydrogens is 535 g/mol. The Balaban J connectivity index is 1.64. The third-order valence-corrected chi connectivity index (χ3v) is 13.9. The second-order valence-electron chi connectivity index (χ2n) is 17.0. The average Bonchev–Trinajstić information content (AvgIpc) is 3.10. The summed E-state index contributed by atoms with van der Waals surface area (Å²) in [7, 11) is -3.21. The second kappa shape index (κ2) is 11.3. The maximum absolute atomic E-state index is 7.26. The molecule has 0 amide bonds. The topological polar surface area (TPSA) is 49.3 Å². The van der Waals surface area contributed by atoms with Gasteiger partial charge in [-0.25, -0.2) is 0 Å². The Kier molecular flexibility index (Phi) is 9.21. The lowest BCUT2D eigenvalue weighted by molar-refractivity contribution is -0.168. The van der Waals surface area contributed by atoms with Crippen LogP contribution in [0.5, 0.6) is 0 Å². The summed E-state index contributed by atoms with van der Waals surface area (Å²) in [6.07, 6.45) is 11.0. The minimum absolute atomic E-state index is 0.187. The van der Waals surface area contributed by atoms with Crippen LogP contribution in [-0.4, -0.2) is 56.6 Å². The summed E-state index contributed by atoms with van der Waals surface area (Å²) in [5.74, 6) is 3.32. The van der Waals surface area contributed by atoms with Crippen LogP contribution in [0.1, 0.15) is 65.2 Å². The lowest BCUT2D eigenvalue weighted by Gasteiger charge is -2.64. The molecule has 9 atom stereocenters. The molecule has 4 aliphatic rings. The van der Waals surface area contributed by atoms with Gasteiger partial charge in [0.15, 0.2) is 25.0 Å². The summed E-state index contributed by atoms with van der Waals surface area (Å²) in [5.41, 5.74) is 1.68. The Morgan fingerprint density at radius 2 is 1.46 bits per heavy atom. The molecule has 0 radical (unpaired) electrons. The lowest BCUT2D eigenvalue weighted by atomic mass is 9.44. The number of hydrogen-bond donors (Lipinski definition) is 0. The van der Waals surface area contributed by atoms with Gasteiger partial charge >= 0.3 is 0 Å². The van der Waals surface area contributed by atoms with E-state index in [2.05, 4.69) is 77.9 Å². The Labute approximate surface area is 243 Å². The van der Waals surface area contributed by atoms with Crippen molar-refractivity contribution in [3.05, 3.63) is 0 Å². The molecule has 0 aromatic carbocycles. The van der Waals surface area contributed by atoms with Crippen molar-refractivity contribution in [1.29, 1.82) is 0 Å². The zero-order valence-electron chi connectivity index (χ0n) is 27.5. The fourth-order valence-electron chi connectivity index (χ4n) is 9.62. The van der Waals surface area contributed by atoms with E-state index in [4.69, 9.17) is 18.1 Å². The summed E-state index contributed by atoms with van der Waals surface area (Å²) in [6.45, 7) is 26.9. The standard InChI is InChI=1S/C31H61NO4Si3/c1-30-18-17-23(35-38(7,8)9)19-22(30)13-14-24-25-15-16-26(27(32-33-3)21-34-37(4,5)6)31(25,2)20-28(29(24)30)36-39(10,11)12/h22-26,28-29H,13-21H2,1-12H3/t22-,23-,24?,25?,26-,28+,29?,30+,31+/m1/s1. The van der Waals surface area contributed by atoms with E-state index < -0.39 is 25.0 Å². The van der Waals surface area contributed by atoms with Crippen LogP contribution in [0.15, 0.2) is 5.16 Å². The van der Waals surface area contributed by atoms with Gasteiger partial charge in [-0.15, -0.1) is 0 Å². The van der Waals surface area contributed by atoms with E-state index in [-0.39, 0.29) is 5.41 Å².